The van der Waals surface area contributed by atoms with E-state index in [2.05, 4.69) is 6.58 Å². The molecule has 0 spiro atoms. The summed E-state index contributed by atoms with van der Waals surface area (Å²) >= 11 is 0. The number of allylic oxidation sites excluding steroid dienone is 1. The molecule has 0 bridgehead atoms. The standard InChI is InChI=1S/C4H6O2P2/c1-2-3-4-8(6)7-5/h2,4H,1,3H2. The van der Waals surface area contributed by atoms with E-state index in [1.807, 2.05) is 0 Å². The zero-order valence-corrected chi connectivity index (χ0v) is 6.07. The normalized spacial score (nSPS) is 11.9. The second kappa shape index (κ2) is 5.11. The Balaban J connectivity index is 3.56. The van der Waals surface area contributed by atoms with Crippen LogP contribution in [0.15, 0.2) is 12.7 Å². The molecule has 44 valence electrons. The molecule has 0 aromatic carbocycles. The molecule has 0 amide bonds. The van der Waals surface area contributed by atoms with Gasteiger partial charge in [-0.05, 0) is 0 Å². The quantitative estimate of drug-likeness (QED) is 0.447. The van der Waals surface area contributed by atoms with Gasteiger partial charge in [0.05, 0.1) is 5.80 Å². The Morgan fingerprint density at radius 3 is 2.88 bits per heavy atom. The fourth-order valence-electron chi connectivity index (χ4n) is 0.198. The maximum absolute atomic E-state index is 10.3. The van der Waals surface area contributed by atoms with Gasteiger partial charge in [-0.1, -0.05) is 6.08 Å². The fourth-order valence-corrected chi connectivity index (χ4v) is 1.08. The van der Waals surface area contributed by atoms with Gasteiger partial charge in [0.2, 0.25) is 0 Å². The first-order valence-corrected chi connectivity index (χ1v) is 4.89. The van der Waals surface area contributed by atoms with Gasteiger partial charge in [0.25, 0.3) is 0 Å². The molecular weight excluding hydrogens is 142 g/mol. The molecule has 8 heavy (non-hydrogen) atoms. The van der Waals surface area contributed by atoms with Gasteiger partial charge in [-0.15, -0.1) is 6.58 Å². The molecule has 0 aliphatic heterocycles. The largest absolute Gasteiger partial charge is 0.622 e. The van der Waals surface area contributed by atoms with Crippen molar-refractivity contribution in [2.75, 3.05) is 0 Å². The second-order valence-electron chi connectivity index (χ2n) is 1.09. The van der Waals surface area contributed by atoms with Crippen LogP contribution in [0.3, 0.4) is 0 Å². The van der Waals surface area contributed by atoms with E-state index in [9.17, 15) is 9.46 Å². The topological polar surface area (TPSA) is 40.1 Å². The minimum Gasteiger partial charge on any atom is -0.622 e. The molecule has 0 N–H and O–H groups in total. The van der Waals surface area contributed by atoms with Crippen LogP contribution in [0.4, 0.5) is 0 Å². The van der Waals surface area contributed by atoms with Crippen molar-refractivity contribution in [1.29, 1.82) is 0 Å². The van der Waals surface area contributed by atoms with Gasteiger partial charge in [-0.25, -0.2) is 4.57 Å². The van der Waals surface area contributed by atoms with Crippen LogP contribution in [0.1, 0.15) is 6.42 Å². The van der Waals surface area contributed by atoms with Crippen molar-refractivity contribution >= 4 is 21.4 Å². The van der Waals surface area contributed by atoms with E-state index in [4.69, 9.17) is 0 Å². The third-order valence-corrected chi connectivity index (χ3v) is 2.17. The maximum Gasteiger partial charge on any atom is 0.405 e. The highest BCUT2D eigenvalue weighted by Crippen LogP contribution is 2.26. The Morgan fingerprint density at radius 1 is 1.88 bits per heavy atom. The van der Waals surface area contributed by atoms with Crippen molar-refractivity contribution in [1.82, 2.24) is 0 Å². The Hall–Kier alpha value is -0.0300. The first kappa shape index (κ1) is 7.97. The van der Waals surface area contributed by atoms with Gasteiger partial charge >= 0.3 is 8.15 Å². The Bertz CT molecular complexity index is 119. The van der Waals surface area contributed by atoms with Gasteiger partial charge < -0.3 is 4.89 Å². The molecule has 1 atom stereocenters. The summed E-state index contributed by atoms with van der Waals surface area (Å²) in [6, 6.07) is 0. The summed E-state index contributed by atoms with van der Waals surface area (Å²) in [7, 11) is -1.90. The SMILES string of the molecule is C=CCC=[P+]([O-])P=O. The highest BCUT2D eigenvalue weighted by Gasteiger charge is 1.88. The average molecular weight is 148 g/mol. The average Bonchev–Trinajstić information content (AvgIpc) is 1.83. The maximum atomic E-state index is 10.3. The molecule has 4 heteroatoms. The van der Waals surface area contributed by atoms with Crippen LogP contribution >= 0.6 is 15.6 Å². The van der Waals surface area contributed by atoms with Crippen LogP contribution in [0.2, 0.25) is 0 Å². The highest BCUT2D eigenvalue weighted by molar-refractivity contribution is 8.11. The monoisotopic (exact) mass is 148 g/mol. The number of hydrogen-bond acceptors (Lipinski definition) is 2. The minimum absolute atomic E-state index is 0.291. The molecule has 0 saturated carbocycles. The van der Waals surface area contributed by atoms with Gasteiger partial charge in [0.15, 0.2) is 0 Å². The molecule has 2 nitrogen and oxygen atoms in total. The van der Waals surface area contributed by atoms with E-state index in [0.29, 0.717) is 6.42 Å². The summed E-state index contributed by atoms with van der Waals surface area (Å²) in [4.78, 5) is 10.3. The van der Waals surface area contributed by atoms with E-state index < -0.39 is 7.46 Å². The number of rotatable bonds is 3. The van der Waals surface area contributed by atoms with Crippen LogP contribution in [0.5, 0.6) is 0 Å². The first-order chi connectivity index (χ1) is 3.81. The summed E-state index contributed by atoms with van der Waals surface area (Å²) in [5.74, 6) is 1.47. The Morgan fingerprint density at radius 2 is 2.50 bits per heavy atom. The lowest BCUT2D eigenvalue weighted by molar-refractivity contribution is -0.147. The molecule has 0 aromatic heterocycles. The van der Waals surface area contributed by atoms with E-state index in [1.165, 1.54) is 5.80 Å². The third kappa shape index (κ3) is 4.14. The van der Waals surface area contributed by atoms with Crippen LogP contribution < -0.4 is 4.89 Å². The fraction of sp³-hybridized carbons (Fsp3) is 0.250. The minimum atomic E-state index is -1.61. The molecule has 0 radical (unpaired) electrons. The van der Waals surface area contributed by atoms with Crippen molar-refractivity contribution in [3.8, 4) is 0 Å². The van der Waals surface area contributed by atoms with E-state index in [-0.39, 0.29) is 8.15 Å². The van der Waals surface area contributed by atoms with Crippen LogP contribution in [-0.2, 0) is 4.57 Å². The molecule has 0 fully saturated rings. The van der Waals surface area contributed by atoms with E-state index in [0.717, 1.165) is 0 Å². The lowest BCUT2D eigenvalue weighted by Gasteiger charge is -1.78. The molecule has 0 aromatic rings. The van der Waals surface area contributed by atoms with E-state index in [1.54, 1.807) is 6.08 Å². The van der Waals surface area contributed by atoms with Crippen LogP contribution in [-0.4, -0.2) is 5.80 Å². The summed E-state index contributed by atoms with van der Waals surface area (Å²) in [5.41, 5.74) is 0. The molecule has 0 heterocycles. The van der Waals surface area contributed by atoms with E-state index >= 15 is 0 Å². The summed E-state index contributed by atoms with van der Waals surface area (Å²) in [6.45, 7) is 3.40. The summed E-state index contributed by atoms with van der Waals surface area (Å²) in [5, 5.41) is 0. The Labute approximate surface area is 50.8 Å². The highest BCUT2D eigenvalue weighted by atomic mass is 32.0. The first-order valence-electron chi connectivity index (χ1n) is 2.05. The van der Waals surface area contributed by atoms with Crippen LogP contribution in [0, 0.1) is 0 Å². The van der Waals surface area contributed by atoms with Crippen molar-refractivity contribution in [2.45, 2.75) is 6.42 Å². The predicted octanol–water partition coefficient (Wildman–Crippen LogP) is 1.33. The smallest absolute Gasteiger partial charge is 0.405 e. The molecule has 0 aliphatic rings. The van der Waals surface area contributed by atoms with Gasteiger partial charge in [0, 0.05) is 6.42 Å². The molecule has 0 aliphatic carbocycles. The Kier molecular flexibility index (Phi) is 5.09. The van der Waals surface area contributed by atoms with Crippen LogP contribution in [0.25, 0.3) is 0 Å². The van der Waals surface area contributed by atoms with Gasteiger partial charge in [-0.3, -0.25) is 0 Å². The number of hydrogen-bond donors (Lipinski definition) is 0. The van der Waals surface area contributed by atoms with Crippen molar-refractivity contribution in [3.05, 3.63) is 12.7 Å². The zero-order chi connectivity index (χ0) is 6.41. The summed E-state index contributed by atoms with van der Waals surface area (Å²) in [6.07, 6.45) is 2.17. The second-order valence-corrected chi connectivity index (χ2v) is 3.90. The molecule has 1 unspecified atom stereocenters. The third-order valence-electron chi connectivity index (χ3n) is 0.509. The summed E-state index contributed by atoms with van der Waals surface area (Å²) < 4.78 is 9.76. The van der Waals surface area contributed by atoms with Crippen molar-refractivity contribution in [3.63, 3.8) is 0 Å². The lowest BCUT2D eigenvalue weighted by atomic mass is 10.5. The molecule has 0 rings (SSSR count). The molecular formula is C4H6O2P2. The predicted molar refractivity (Wildman–Crippen MR) is 35.4 cm³/mol. The zero-order valence-electron chi connectivity index (χ0n) is 4.28. The lowest BCUT2D eigenvalue weighted by Crippen LogP contribution is -1.81. The molecule has 0 saturated heterocycles. The van der Waals surface area contributed by atoms with Gasteiger partial charge in [0.1, 0.15) is 7.46 Å². The van der Waals surface area contributed by atoms with Gasteiger partial charge in [-0.2, -0.15) is 0 Å². The van der Waals surface area contributed by atoms with Crippen molar-refractivity contribution < 1.29 is 9.46 Å². The van der Waals surface area contributed by atoms with Crippen molar-refractivity contribution in [2.24, 2.45) is 0 Å².